The zero-order chi connectivity index (χ0) is 13.0. The van der Waals surface area contributed by atoms with Crippen molar-refractivity contribution < 1.29 is 15.0 Å². The number of carboxylic acid groups (broad SMARTS) is 1. The van der Waals surface area contributed by atoms with Crippen LogP contribution in [0.25, 0.3) is 0 Å². The summed E-state index contributed by atoms with van der Waals surface area (Å²) in [5.41, 5.74) is 0.0324. The van der Waals surface area contributed by atoms with E-state index in [4.69, 9.17) is 16.7 Å². The zero-order valence-corrected chi connectivity index (χ0v) is 10.4. The third-order valence-electron chi connectivity index (χ3n) is 2.34. The van der Waals surface area contributed by atoms with Crippen LogP contribution in [-0.4, -0.2) is 33.8 Å². The predicted molar refractivity (Wildman–Crippen MR) is 65.5 cm³/mol. The number of hydrogen-bond acceptors (Lipinski definition) is 4. The van der Waals surface area contributed by atoms with Gasteiger partial charge in [-0.25, -0.2) is 9.78 Å². The van der Waals surface area contributed by atoms with Crippen molar-refractivity contribution in [3.8, 4) is 0 Å². The van der Waals surface area contributed by atoms with E-state index in [1.165, 1.54) is 12.3 Å². The van der Waals surface area contributed by atoms with Gasteiger partial charge in [0.1, 0.15) is 5.82 Å². The molecule has 0 saturated carbocycles. The molecule has 5 nitrogen and oxygen atoms in total. The van der Waals surface area contributed by atoms with E-state index in [0.29, 0.717) is 12.4 Å². The Balaban J connectivity index is 2.70. The molecule has 1 aromatic heterocycles. The quantitative estimate of drug-likeness (QED) is 0.751. The molecule has 0 amide bonds. The fourth-order valence-corrected chi connectivity index (χ4v) is 1.36. The molecule has 1 heterocycles. The summed E-state index contributed by atoms with van der Waals surface area (Å²) in [5, 5.41) is 21.4. The second-order valence-electron chi connectivity index (χ2n) is 4.05. The van der Waals surface area contributed by atoms with Gasteiger partial charge in [0.2, 0.25) is 0 Å². The number of aromatic carboxylic acids is 1. The van der Waals surface area contributed by atoms with Crippen LogP contribution in [0, 0.1) is 5.92 Å². The summed E-state index contributed by atoms with van der Waals surface area (Å²) in [7, 11) is 0. The topological polar surface area (TPSA) is 82.5 Å². The van der Waals surface area contributed by atoms with Crippen molar-refractivity contribution in [1.29, 1.82) is 0 Å². The number of pyridine rings is 1. The Kier molecular flexibility index (Phi) is 4.72. The summed E-state index contributed by atoms with van der Waals surface area (Å²) >= 11 is 5.87. The van der Waals surface area contributed by atoms with Crippen LogP contribution >= 0.6 is 11.6 Å². The van der Waals surface area contributed by atoms with Gasteiger partial charge in [0, 0.05) is 12.7 Å². The summed E-state index contributed by atoms with van der Waals surface area (Å²) in [5.74, 6) is -0.580. The van der Waals surface area contributed by atoms with Gasteiger partial charge >= 0.3 is 5.97 Å². The predicted octanol–water partition coefficient (Wildman–Crippen LogP) is 1.86. The van der Waals surface area contributed by atoms with Crippen LogP contribution < -0.4 is 5.32 Å². The molecule has 1 aromatic rings. The molecule has 94 valence electrons. The first-order valence-electron chi connectivity index (χ1n) is 5.22. The number of anilines is 1. The minimum atomic E-state index is -1.08. The second-order valence-corrected chi connectivity index (χ2v) is 4.46. The average molecular weight is 259 g/mol. The van der Waals surface area contributed by atoms with E-state index in [2.05, 4.69) is 10.3 Å². The van der Waals surface area contributed by atoms with Crippen molar-refractivity contribution in [1.82, 2.24) is 4.98 Å². The fraction of sp³-hybridized carbons (Fsp3) is 0.455. The van der Waals surface area contributed by atoms with E-state index in [-0.39, 0.29) is 16.5 Å². The maximum absolute atomic E-state index is 10.7. The number of aromatic nitrogens is 1. The van der Waals surface area contributed by atoms with E-state index in [0.717, 1.165) is 0 Å². The van der Waals surface area contributed by atoms with E-state index < -0.39 is 12.1 Å². The number of rotatable bonds is 5. The zero-order valence-electron chi connectivity index (χ0n) is 9.64. The van der Waals surface area contributed by atoms with Crippen LogP contribution in [0.4, 0.5) is 5.82 Å². The molecular weight excluding hydrogens is 244 g/mol. The fourth-order valence-electron chi connectivity index (χ4n) is 1.12. The highest BCUT2D eigenvalue weighted by Gasteiger charge is 2.12. The number of carbonyl (C=O) groups is 1. The lowest BCUT2D eigenvalue weighted by Crippen LogP contribution is -2.25. The van der Waals surface area contributed by atoms with Gasteiger partial charge in [0.05, 0.1) is 16.7 Å². The van der Waals surface area contributed by atoms with Crippen LogP contribution in [0.1, 0.15) is 24.2 Å². The van der Waals surface area contributed by atoms with Crippen molar-refractivity contribution in [2.24, 2.45) is 5.92 Å². The van der Waals surface area contributed by atoms with Crippen molar-refractivity contribution in [2.45, 2.75) is 20.0 Å². The Morgan fingerprint density at radius 1 is 1.59 bits per heavy atom. The van der Waals surface area contributed by atoms with Gasteiger partial charge < -0.3 is 15.5 Å². The molecule has 1 unspecified atom stereocenters. The Hall–Kier alpha value is -1.33. The van der Waals surface area contributed by atoms with Crippen molar-refractivity contribution in [3.05, 3.63) is 22.8 Å². The van der Waals surface area contributed by atoms with Crippen molar-refractivity contribution in [2.75, 3.05) is 11.9 Å². The number of aliphatic hydroxyl groups excluding tert-OH is 1. The SMILES string of the molecule is CC(C)C(O)CNc1ncc(C(=O)O)cc1Cl. The van der Waals surface area contributed by atoms with Crippen molar-refractivity contribution in [3.63, 3.8) is 0 Å². The van der Waals surface area contributed by atoms with E-state index in [1.54, 1.807) is 0 Å². The number of hydrogen-bond donors (Lipinski definition) is 3. The summed E-state index contributed by atoms with van der Waals surface area (Å²) in [6.07, 6.45) is 0.713. The standard InChI is InChI=1S/C11H15ClN2O3/c1-6(2)9(15)5-14-10-8(12)3-7(4-13-10)11(16)17/h3-4,6,9,15H,5H2,1-2H3,(H,13,14)(H,16,17). The number of aliphatic hydroxyl groups is 1. The maximum Gasteiger partial charge on any atom is 0.337 e. The number of nitrogens with one attached hydrogen (secondary N) is 1. The monoisotopic (exact) mass is 258 g/mol. The third kappa shape index (κ3) is 3.87. The van der Waals surface area contributed by atoms with Gasteiger partial charge in [-0.1, -0.05) is 25.4 Å². The molecule has 0 spiro atoms. The van der Waals surface area contributed by atoms with E-state index in [9.17, 15) is 9.90 Å². The second kappa shape index (κ2) is 5.84. The summed E-state index contributed by atoms with van der Waals surface area (Å²) in [6, 6.07) is 1.32. The average Bonchev–Trinajstić information content (AvgIpc) is 2.26. The molecule has 0 fully saturated rings. The molecule has 0 aliphatic heterocycles. The molecule has 0 saturated heterocycles. The lowest BCUT2D eigenvalue weighted by atomic mass is 10.1. The minimum Gasteiger partial charge on any atom is -0.478 e. The van der Waals surface area contributed by atoms with Crippen molar-refractivity contribution >= 4 is 23.4 Å². The molecule has 0 aliphatic rings. The molecule has 0 aliphatic carbocycles. The Morgan fingerprint density at radius 3 is 2.71 bits per heavy atom. The molecule has 6 heteroatoms. The van der Waals surface area contributed by atoms with Gasteiger partial charge in [0.15, 0.2) is 0 Å². The van der Waals surface area contributed by atoms with Crippen LogP contribution in [0.15, 0.2) is 12.3 Å². The lowest BCUT2D eigenvalue weighted by molar-refractivity contribution is 0.0696. The molecule has 3 N–H and O–H groups in total. The number of halogens is 1. The molecular formula is C11H15ClN2O3. The normalized spacial score (nSPS) is 12.5. The lowest BCUT2D eigenvalue weighted by Gasteiger charge is -2.16. The van der Waals surface area contributed by atoms with Gasteiger partial charge in [-0.3, -0.25) is 0 Å². The molecule has 0 aromatic carbocycles. The smallest absolute Gasteiger partial charge is 0.337 e. The first-order valence-corrected chi connectivity index (χ1v) is 5.60. The highest BCUT2D eigenvalue weighted by atomic mass is 35.5. The van der Waals surface area contributed by atoms with E-state index >= 15 is 0 Å². The Labute approximate surface area is 104 Å². The highest BCUT2D eigenvalue weighted by molar-refractivity contribution is 6.33. The number of nitrogens with zero attached hydrogens (tertiary/aromatic N) is 1. The first kappa shape index (κ1) is 13.7. The molecule has 1 rings (SSSR count). The molecule has 1 atom stereocenters. The molecule has 0 radical (unpaired) electrons. The van der Waals surface area contributed by atoms with Gasteiger partial charge in [-0.2, -0.15) is 0 Å². The summed E-state index contributed by atoms with van der Waals surface area (Å²) < 4.78 is 0. The minimum absolute atomic E-state index is 0.0324. The molecule has 0 bridgehead atoms. The van der Waals surface area contributed by atoms with Crippen LogP contribution in [0.3, 0.4) is 0 Å². The summed E-state index contributed by atoms with van der Waals surface area (Å²) in [4.78, 5) is 14.6. The van der Waals surface area contributed by atoms with Gasteiger partial charge in [-0.15, -0.1) is 0 Å². The van der Waals surface area contributed by atoms with E-state index in [1.807, 2.05) is 13.8 Å². The largest absolute Gasteiger partial charge is 0.478 e. The first-order chi connectivity index (χ1) is 7.91. The Bertz CT molecular complexity index is 410. The number of carboxylic acids is 1. The molecule has 17 heavy (non-hydrogen) atoms. The summed E-state index contributed by atoms with van der Waals surface area (Å²) in [6.45, 7) is 4.11. The Morgan fingerprint density at radius 2 is 2.24 bits per heavy atom. The highest BCUT2D eigenvalue weighted by Crippen LogP contribution is 2.20. The van der Waals surface area contributed by atoms with Crippen LogP contribution in [-0.2, 0) is 0 Å². The van der Waals surface area contributed by atoms with Gasteiger partial charge in [-0.05, 0) is 12.0 Å². The van der Waals surface area contributed by atoms with Gasteiger partial charge in [0.25, 0.3) is 0 Å². The maximum atomic E-state index is 10.7. The van der Waals surface area contributed by atoms with Crippen LogP contribution in [0.2, 0.25) is 5.02 Å². The van der Waals surface area contributed by atoms with Crippen LogP contribution in [0.5, 0.6) is 0 Å². The third-order valence-corrected chi connectivity index (χ3v) is 2.62.